The summed E-state index contributed by atoms with van der Waals surface area (Å²) in [5, 5.41) is 0. The number of hydrogen-bond donors (Lipinski definition) is 1. The maximum absolute atomic E-state index is 12.6. The monoisotopic (exact) mass is 306 g/mol. The molecule has 0 unspecified atom stereocenters. The van der Waals surface area contributed by atoms with Gasteiger partial charge in [-0.3, -0.25) is 4.79 Å². The van der Waals surface area contributed by atoms with Gasteiger partial charge >= 0.3 is 12.4 Å². The molecule has 1 amide bonds. The first-order valence-corrected chi connectivity index (χ1v) is 6.23. The van der Waals surface area contributed by atoms with Crippen molar-refractivity contribution in [3.63, 3.8) is 0 Å². The minimum Gasteiger partial charge on any atom is -0.338 e. The Labute approximate surface area is 112 Å². The van der Waals surface area contributed by atoms with E-state index in [4.69, 9.17) is 5.73 Å². The molecule has 0 aromatic heterocycles. The Morgan fingerprint density at radius 3 is 1.90 bits per heavy atom. The van der Waals surface area contributed by atoms with Crippen LogP contribution in [0.2, 0.25) is 0 Å². The van der Waals surface area contributed by atoms with Crippen molar-refractivity contribution in [1.82, 2.24) is 4.90 Å². The Balaban J connectivity index is 3.00. The van der Waals surface area contributed by atoms with E-state index >= 15 is 0 Å². The van der Waals surface area contributed by atoms with Gasteiger partial charge in [0.1, 0.15) is 0 Å². The maximum atomic E-state index is 12.6. The van der Waals surface area contributed by atoms with Crippen molar-refractivity contribution >= 4 is 5.91 Å². The minimum absolute atomic E-state index is 0.176. The van der Waals surface area contributed by atoms with Crippen molar-refractivity contribution < 1.29 is 31.1 Å². The fraction of sp³-hybridized carbons (Fsp3) is 0.909. The Kier molecular flexibility index (Phi) is 5.28. The number of nitrogens with zero attached hydrogens (tertiary/aromatic N) is 1. The van der Waals surface area contributed by atoms with Crippen LogP contribution in [0.3, 0.4) is 0 Å². The zero-order valence-corrected chi connectivity index (χ0v) is 10.6. The lowest BCUT2D eigenvalue weighted by molar-refractivity contribution is -0.278. The number of alkyl halides is 6. The van der Waals surface area contributed by atoms with Gasteiger partial charge in [0.05, 0.1) is 0 Å². The largest absolute Gasteiger partial charge is 0.409 e. The predicted octanol–water partition coefficient (Wildman–Crippen LogP) is 2.46. The second kappa shape index (κ2) is 6.19. The maximum Gasteiger partial charge on any atom is 0.409 e. The summed E-state index contributed by atoms with van der Waals surface area (Å²) in [4.78, 5) is 12.4. The lowest BCUT2D eigenvalue weighted by atomic mass is 10.0. The second-order valence-electron chi connectivity index (χ2n) is 4.77. The highest BCUT2D eigenvalue weighted by molar-refractivity contribution is 5.80. The van der Waals surface area contributed by atoms with Crippen molar-refractivity contribution in [3.8, 4) is 0 Å². The Hall–Kier alpha value is -0.990. The zero-order chi connectivity index (χ0) is 15.6. The van der Waals surface area contributed by atoms with Gasteiger partial charge in [-0.15, -0.1) is 0 Å². The molecule has 9 heteroatoms. The van der Waals surface area contributed by atoms with Gasteiger partial charge in [0.2, 0.25) is 11.8 Å². The first kappa shape index (κ1) is 17.1. The van der Waals surface area contributed by atoms with Gasteiger partial charge in [0.15, 0.2) is 0 Å². The summed E-state index contributed by atoms with van der Waals surface area (Å²) >= 11 is 0. The van der Waals surface area contributed by atoms with Crippen LogP contribution in [0.15, 0.2) is 0 Å². The number of carbonyl (C=O) groups is 1. The first-order valence-electron chi connectivity index (χ1n) is 6.23. The van der Waals surface area contributed by atoms with E-state index in [1.807, 2.05) is 0 Å². The van der Waals surface area contributed by atoms with E-state index in [9.17, 15) is 31.1 Å². The van der Waals surface area contributed by atoms with E-state index in [-0.39, 0.29) is 13.1 Å². The SMILES string of the molecule is NCCN(C(=O)C(C(F)(F)F)C(F)(F)F)C1CCCC1. The number of rotatable bonds is 4. The summed E-state index contributed by atoms with van der Waals surface area (Å²) in [6, 6.07) is -0.585. The van der Waals surface area contributed by atoms with Crippen LogP contribution in [0.4, 0.5) is 26.3 Å². The topological polar surface area (TPSA) is 46.3 Å². The van der Waals surface area contributed by atoms with Crippen LogP contribution >= 0.6 is 0 Å². The standard InChI is InChI=1S/C11H16F6N2O/c12-10(13,14)8(11(15,16)17)9(20)19(6-5-18)7-3-1-2-4-7/h7-8H,1-6,18H2. The molecule has 0 spiro atoms. The molecule has 0 heterocycles. The molecule has 0 aromatic rings. The van der Waals surface area contributed by atoms with E-state index in [1.54, 1.807) is 0 Å². The van der Waals surface area contributed by atoms with Crippen LogP contribution in [0.25, 0.3) is 0 Å². The van der Waals surface area contributed by atoms with Crippen LogP contribution in [-0.2, 0) is 4.79 Å². The highest BCUT2D eigenvalue weighted by Gasteiger charge is 2.62. The third kappa shape index (κ3) is 4.00. The molecule has 0 aliphatic heterocycles. The molecule has 118 valence electrons. The summed E-state index contributed by atoms with van der Waals surface area (Å²) < 4.78 is 75.3. The summed E-state index contributed by atoms with van der Waals surface area (Å²) in [5.74, 6) is -5.91. The Bertz CT molecular complexity index is 321. The van der Waals surface area contributed by atoms with E-state index in [1.165, 1.54) is 0 Å². The van der Waals surface area contributed by atoms with E-state index in [2.05, 4.69) is 0 Å². The molecule has 0 aromatic carbocycles. The van der Waals surface area contributed by atoms with E-state index < -0.39 is 30.2 Å². The average molecular weight is 306 g/mol. The van der Waals surface area contributed by atoms with Crippen LogP contribution in [0.1, 0.15) is 25.7 Å². The van der Waals surface area contributed by atoms with Gasteiger partial charge in [0, 0.05) is 19.1 Å². The molecular weight excluding hydrogens is 290 g/mol. The van der Waals surface area contributed by atoms with Crippen LogP contribution in [0.5, 0.6) is 0 Å². The summed E-state index contributed by atoms with van der Waals surface area (Å²) in [7, 11) is 0. The average Bonchev–Trinajstić information content (AvgIpc) is 2.74. The van der Waals surface area contributed by atoms with Crippen molar-refractivity contribution in [1.29, 1.82) is 0 Å². The number of carbonyl (C=O) groups excluding carboxylic acids is 1. The summed E-state index contributed by atoms with van der Waals surface area (Å²) in [5.41, 5.74) is 5.20. The molecule has 1 aliphatic carbocycles. The second-order valence-corrected chi connectivity index (χ2v) is 4.77. The van der Waals surface area contributed by atoms with Crippen molar-refractivity contribution in [2.75, 3.05) is 13.1 Å². The van der Waals surface area contributed by atoms with Crippen LogP contribution < -0.4 is 5.73 Å². The van der Waals surface area contributed by atoms with Gasteiger partial charge in [-0.1, -0.05) is 12.8 Å². The Morgan fingerprint density at radius 1 is 1.10 bits per heavy atom. The minimum atomic E-state index is -5.65. The normalized spacial score (nSPS) is 17.8. The molecule has 0 saturated heterocycles. The third-order valence-corrected chi connectivity index (χ3v) is 3.32. The van der Waals surface area contributed by atoms with Gasteiger partial charge in [-0.05, 0) is 12.8 Å². The molecule has 0 bridgehead atoms. The molecule has 1 fully saturated rings. The number of amides is 1. The summed E-state index contributed by atoms with van der Waals surface area (Å²) in [6.45, 7) is -0.475. The lowest BCUT2D eigenvalue weighted by Crippen LogP contribution is -2.53. The van der Waals surface area contributed by atoms with Crippen LogP contribution in [0, 0.1) is 5.92 Å². The smallest absolute Gasteiger partial charge is 0.338 e. The van der Waals surface area contributed by atoms with Gasteiger partial charge in [0.25, 0.3) is 0 Å². The number of halogens is 6. The molecule has 0 radical (unpaired) electrons. The van der Waals surface area contributed by atoms with E-state index in [0.717, 1.165) is 0 Å². The fourth-order valence-electron chi connectivity index (χ4n) is 2.46. The molecule has 3 nitrogen and oxygen atoms in total. The van der Waals surface area contributed by atoms with Crippen molar-refractivity contribution in [3.05, 3.63) is 0 Å². The molecular formula is C11H16F6N2O. The third-order valence-electron chi connectivity index (χ3n) is 3.32. The molecule has 1 aliphatic rings. The van der Waals surface area contributed by atoms with Gasteiger partial charge in [-0.2, -0.15) is 26.3 Å². The number of hydrogen-bond acceptors (Lipinski definition) is 2. The van der Waals surface area contributed by atoms with Gasteiger partial charge < -0.3 is 10.6 Å². The molecule has 1 saturated carbocycles. The quantitative estimate of drug-likeness (QED) is 0.811. The highest BCUT2D eigenvalue weighted by atomic mass is 19.4. The zero-order valence-electron chi connectivity index (χ0n) is 10.6. The molecule has 2 N–H and O–H groups in total. The van der Waals surface area contributed by atoms with Crippen LogP contribution in [-0.4, -0.2) is 42.3 Å². The molecule has 0 atom stereocenters. The number of nitrogens with two attached hydrogens (primary N) is 1. The molecule has 20 heavy (non-hydrogen) atoms. The van der Waals surface area contributed by atoms with E-state index in [0.29, 0.717) is 30.6 Å². The Morgan fingerprint density at radius 2 is 1.55 bits per heavy atom. The lowest BCUT2D eigenvalue weighted by Gasteiger charge is -2.33. The van der Waals surface area contributed by atoms with Crippen molar-refractivity contribution in [2.24, 2.45) is 11.7 Å². The van der Waals surface area contributed by atoms with Gasteiger partial charge in [-0.25, -0.2) is 0 Å². The van der Waals surface area contributed by atoms with Crippen molar-refractivity contribution in [2.45, 2.75) is 44.1 Å². The summed E-state index contributed by atoms with van der Waals surface area (Å²) in [6.07, 6.45) is -9.12. The molecule has 1 rings (SSSR count). The predicted molar refractivity (Wildman–Crippen MR) is 58.6 cm³/mol. The fourth-order valence-corrected chi connectivity index (χ4v) is 2.46. The highest BCUT2D eigenvalue weighted by Crippen LogP contribution is 2.41. The first-order chi connectivity index (χ1) is 9.09.